The van der Waals surface area contributed by atoms with E-state index in [9.17, 15) is 34.2 Å². The molecule has 0 radical (unpaired) electrons. The molecular formula is C22H24N4O9. The molecule has 13 nitrogen and oxygen atoms in total. The van der Waals surface area contributed by atoms with Crippen LogP contribution in [0.5, 0.6) is 0 Å². The van der Waals surface area contributed by atoms with E-state index in [0.717, 1.165) is 21.7 Å². The fraction of sp³-hybridized carbons (Fsp3) is 0.409. The lowest BCUT2D eigenvalue weighted by Gasteiger charge is -2.21. The van der Waals surface area contributed by atoms with E-state index in [-0.39, 0.29) is 30.9 Å². The Hall–Kier alpha value is -3.65. The number of aromatic amines is 1. The van der Waals surface area contributed by atoms with Crippen molar-refractivity contribution in [1.29, 1.82) is 0 Å². The van der Waals surface area contributed by atoms with Gasteiger partial charge in [-0.05, 0) is 12.1 Å². The highest BCUT2D eigenvalue weighted by Crippen LogP contribution is 2.28. The van der Waals surface area contributed by atoms with Crippen LogP contribution in [-0.2, 0) is 14.3 Å². The number of H-pyrrole nitrogens is 1. The van der Waals surface area contributed by atoms with Crippen molar-refractivity contribution in [2.45, 2.75) is 24.5 Å². The summed E-state index contributed by atoms with van der Waals surface area (Å²) in [4.78, 5) is 64.7. The lowest BCUT2D eigenvalue weighted by atomic mass is 10.1. The summed E-state index contributed by atoms with van der Waals surface area (Å²) in [5, 5.41) is 20.5. The second-order valence-corrected chi connectivity index (χ2v) is 8.20. The summed E-state index contributed by atoms with van der Waals surface area (Å²) in [7, 11) is 1.49. The Kier molecular flexibility index (Phi) is 6.93. The van der Waals surface area contributed by atoms with Crippen LogP contribution >= 0.6 is 0 Å². The number of aliphatic hydroxyl groups excluding tert-OH is 2. The van der Waals surface area contributed by atoms with E-state index in [2.05, 4.69) is 0 Å². The lowest BCUT2D eigenvalue weighted by molar-refractivity contribution is -0.131. The number of hydrogen-bond donors (Lipinski definition) is 3. The van der Waals surface area contributed by atoms with Gasteiger partial charge >= 0.3 is 5.69 Å². The van der Waals surface area contributed by atoms with Gasteiger partial charge in [0.15, 0.2) is 6.23 Å². The van der Waals surface area contributed by atoms with Gasteiger partial charge < -0.3 is 24.6 Å². The van der Waals surface area contributed by atoms with Crippen molar-refractivity contribution in [2.75, 3.05) is 33.4 Å². The molecule has 2 aromatic rings. The molecule has 1 aromatic carbocycles. The van der Waals surface area contributed by atoms with Crippen molar-refractivity contribution in [3.63, 3.8) is 0 Å². The van der Waals surface area contributed by atoms with Gasteiger partial charge in [-0.1, -0.05) is 12.1 Å². The standard InChI is InChI=1S/C22H24N4O9/c1-24(16(28)10-26-19(31)12-4-2-3-5-13(12)20(26)32)8-9-34-11-14-17(29)18(30)21(35-14)25-7-6-15(27)23-22(25)33/h2-7,14,17-18,21,29-30H,8-11H2,1H3,(H,23,27,33)/t14-,17?,18+,21-/m1/s1. The first-order valence-electron chi connectivity index (χ1n) is 10.8. The zero-order valence-corrected chi connectivity index (χ0v) is 18.7. The van der Waals surface area contributed by atoms with Gasteiger partial charge in [-0.3, -0.25) is 33.6 Å². The number of fused-ring (bicyclic) bond motifs is 1. The molecule has 4 atom stereocenters. The summed E-state index contributed by atoms with van der Waals surface area (Å²) in [6.45, 7) is -0.394. The van der Waals surface area contributed by atoms with Crippen LogP contribution in [-0.4, -0.2) is 98.9 Å². The van der Waals surface area contributed by atoms with Crippen molar-refractivity contribution >= 4 is 17.7 Å². The average molecular weight is 488 g/mol. The van der Waals surface area contributed by atoms with Crippen LogP contribution in [0, 0.1) is 0 Å². The van der Waals surface area contributed by atoms with Gasteiger partial charge in [-0.25, -0.2) is 4.79 Å². The van der Waals surface area contributed by atoms with Crippen LogP contribution in [0.15, 0.2) is 46.1 Å². The summed E-state index contributed by atoms with van der Waals surface area (Å²) >= 11 is 0. The first-order chi connectivity index (χ1) is 16.7. The van der Waals surface area contributed by atoms with Gasteiger partial charge in [-0.2, -0.15) is 0 Å². The van der Waals surface area contributed by atoms with E-state index in [1.54, 1.807) is 12.1 Å². The van der Waals surface area contributed by atoms with Crippen LogP contribution in [0.3, 0.4) is 0 Å². The third-order valence-corrected chi connectivity index (χ3v) is 5.91. The Morgan fingerprint density at radius 1 is 1.09 bits per heavy atom. The highest BCUT2D eigenvalue weighted by molar-refractivity contribution is 6.22. The van der Waals surface area contributed by atoms with E-state index in [4.69, 9.17) is 9.47 Å². The number of likely N-dealkylation sites (N-methyl/N-ethyl adjacent to an activating group) is 1. The molecule has 3 N–H and O–H groups in total. The number of aliphatic hydroxyl groups is 2. The number of carbonyl (C=O) groups excluding carboxylic acids is 3. The minimum atomic E-state index is -1.43. The van der Waals surface area contributed by atoms with Gasteiger partial charge in [-0.15, -0.1) is 0 Å². The molecule has 0 aliphatic carbocycles. The number of rotatable bonds is 8. The minimum absolute atomic E-state index is 0.0380. The summed E-state index contributed by atoms with van der Waals surface area (Å²) in [5.41, 5.74) is -0.888. The molecule has 0 saturated carbocycles. The number of benzene rings is 1. The van der Waals surface area contributed by atoms with Crippen molar-refractivity contribution in [2.24, 2.45) is 0 Å². The highest BCUT2D eigenvalue weighted by atomic mass is 16.6. The van der Waals surface area contributed by atoms with E-state index in [1.165, 1.54) is 24.1 Å². The second-order valence-electron chi connectivity index (χ2n) is 8.20. The zero-order valence-electron chi connectivity index (χ0n) is 18.7. The second kappa shape index (κ2) is 9.92. The molecule has 186 valence electrons. The monoisotopic (exact) mass is 488 g/mol. The zero-order chi connectivity index (χ0) is 25.3. The van der Waals surface area contributed by atoms with Gasteiger partial charge in [0, 0.05) is 25.9 Å². The number of ether oxygens (including phenoxy) is 2. The van der Waals surface area contributed by atoms with Gasteiger partial charge in [0.2, 0.25) is 5.91 Å². The quantitative estimate of drug-likeness (QED) is 0.279. The van der Waals surface area contributed by atoms with Crippen LogP contribution in [0.2, 0.25) is 0 Å². The van der Waals surface area contributed by atoms with E-state index < -0.39 is 60.1 Å². The third kappa shape index (κ3) is 4.79. The number of aromatic nitrogens is 2. The Bertz CT molecular complexity index is 1220. The molecule has 1 saturated heterocycles. The lowest BCUT2D eigenvalue weighted by Crippen LogP contribution is -2.42. The third-order valence-electron chi connectivity index (χ3n) is 5.91. The molecular weight excluding hydrogens is 464 g/mol. The Morgan fingerprint density at radius 2 is 1.74 bits per heavy atom. The fourth-order valence-electron chi connectivity index (χ4n) is 3.89. The molecule has 1 aromatic heterocycles. The van der Waals surface area contributed by atoms with Crippen LogP contribution in [0.1, 0.15) is 26.9 Å². The largest absolute Gasteiger partial charge is 0.387 e. The van der Waals surface area contributed by atoms with Crippen molar-refractivity contribution < 1.29 is 34.1 Å². The van der Waals surface area contributed by atoms with Crippen LogP contribution in [0.25, 0.3) is 0 Å². The van der Waals surface area contributed by atoms with E-state index >= 15 is 0 Å². The molecule has 1 fully saturated rings. The van der Waals surface area contributed by atoms with Crippen molar-refractivity contribution in [1.82, 2.24) is 19.4 Å². The van der Waals surface area contributed by atoms with E-state index in [1.807, 2.05) is 4.98 Å². The number of nitrogens with zero attached hydrogens (tertiary/aromatic N) is 3. The maximum atomic E-state index is 12.5. The van der Waals surface area contributed by atoms with Gasteiger partial charge in [0.25, 0.3) is 17.4 Å². The molecule has 4 rings (SSSR count). The summed E-state index contributed by atoms with van der Waals surface area (Å²) in [6, 6.07) is 7.44. The molecule has 2 aliphatic rings. The van der Waals surface area contributed by atoms with Crippen LogP contribution < -0.4 is 11.2 Å². The molecule has 13 heteroatoms. The van der Waals surface area contributed by atoms with Gasteiger partial charge in [0.05, 0.1) is 24.3 Å². The summed E-state index contributed by atoms with van der Waals surface area (Å²) < 4.78 is 12.0. The molecule has 0 bridgehead atoms. The first kappa shape index (κ1) is 24.5. The molecule has 1 unspecified atom stereocenters. The van der Waals surface area contributed by atoms with Crippen molar-refractivity contribution in [3.05, 3.63) is 68.5 Å². The molecule has 3 heterocycles. The smallest absolute Gasteiger partial charge is 0.330 e. The SMILES string of the molecule is CN(CCOC[C@H]1O[C@@H](n2ccc(=O)[nH]c2=O)[C@@H](O)C1O)C(=O)CN1C(=O)c2ccccc2C1=O. The number of carbonyl (C=O) groups is 3. The number of nitrogens with one attached hydrogen (secondary N) is 1. The molecule has 2 aliphatic heterocycles. The number of imide groups is 1. The fourth-order valence-corrected chi connectivity index (χ4v) is 3.89. The number of amides is 3. The molecule has 3 amide bonds. The summed E-state index contributed by atoms with van der Waals surface area (Å²) in [5.74, 6) is -1.51. The maximum absolute atomic E-state index is 12.5. The molecule has 0 spiro atoms. The summed E-state index contributed by atoms with van der Waals surface area (Å²) in [6.07, 6.45) is -3.82. The minimum Gasteiger partial charge on any atom is -0.387 e. The Morgan fingerprint density at radius 3 is 2.37 bits per heavy atom. The normalized spacial score (nSPS) is 23.6. The first-order valence-corrected chi connectivity index (χ1v) is 10.8. The van der Waals surface area contributed by atoms with Gasteiger partial charge in [0.1, 0.15) is 24.9 Å². The maximum Gasteiger partial charge on any atom is 0.330 e. The van der Waals surface area contributed by atoms with E-state index in [0.29, 0.717) is 0 Å². The predicted molar refractivity (Wildman–Crippen MR) is 118 cm³/mol. The Labute approximate surface area is 198 Å². The van der Waals surface area contributed by atoms with Crippen molar-refractivity contribution in [3.8, 4) is 0 Å². The Balaban J connectivity index is 1.25. The average Bonchev–Trinajstić information content (AvgIpc) is 3.25. The predicted octanol–water partition coefficient (Wildman–Crippen LogP) is -2.07. The number of hydrogen-bond acceptors (Lipinski definition) is 9. The highest BCUT2D eigenvalue weighted by Gasteiger charge is 2.44. The topological polar surface area (TPSA) is 171 Å². The molecule has 35 heavy (non-hydrogen) atoms. The van der Waals surface area contributed by atoms with Crippen LogP contribution in [0.4, 0.5) is 0 Å².